The summed E-state index contributed by atoms with van der Waals surface area (Å²) >= 11 is 0. The van der Waals surface area contributed by atoms with E-state index in [1.807, 2.05) is 30.5 Å². The molecular formula is C38H39N3OPt. The summed E-state index contributed by atoms with van der Waals surface area (Å²) in [6.45, 7) is 13.2. The number of hydrogen-bond donors (Lipinski definition) is 1. The molecule has 4 aromatic rings. The summed E-state index contributed by atoms with van der Waals surface area (Å²) in [6, 6.07) is 30.5. The maximum atomic E-state index is 11.9. The first-order valence-electron chi connectivity index (χ1n) is 14.8. The van der Waals surface area contributed by atoms with Crippen LogP contribution in [0.5, 0.6) is 5.75 Å². The summed E-state index contributed by atoms with van der Waals surface area (Å²) in [6.07, 6.45) is 7.99. The normalized spacial score (nSPS) is 19.9. The number of aromatic hydroxyl groups is 1. The van der Waals surface area contributed by atoms with Crippen LogP contribution in [0.3, 0.4) is 0 Å². The molecule has 3 aromatic carbocycles. The SMILES string of the molecule is CC(C)(C)c1cc(C2[N-]C3C(c4[c-]c(-c5ccccn5)ccc4)=CC=CC3N2c2ccccc2)c(O)c(C(C)(C)C)c1.[Pt+2]. The van der Waals surface area contributed by atoms with Gasteiger partial charge in [-0.1, -0.05) is 108 Å². The molecule has 6 rings (SSSR count). The van der Waals surface area contributed by atoms with Gasteiger partial charge in [-0.25, -0.2) is 0 Å². The molecule has 222 valence electrons. The van der Waals surface area contributed by atoms with Gasteiger partial charge in [0, 0.05) is 23.6 Å². The van der Waals surface area contributed by atoms with Crippen molar-refractivity contribution in [3.05, 3.63) is 137 Å². The van der Waals surface area contributed by atoms with E-state index in [1.165, 1.54) is 5.56 Å². The third-order valence-corrected chi connectivity index (χ3v) is 8.31. The Balaban J connectivity index is 0.00000368. The van der Waals surface area contributed by atoms with Gasteiger partial charge in [0.2, 0.25) is 0 Å². The van der Waals surface area contributed by atoms with Crippen molar-refractivity contribution in [3.63, 3.8) is 0 Å². The quantitative estimate of drug-likeness (QED) is 0.212. The number of rotatable bonds is 4. The average molecular weight is 749 g/mol. The summed E-state index contributed by atoms with van der Waals surface area (Å²) in [5.74, 6) is 0.335. The van der Waals surface area contributed by atoms with Gasteiger partial charge in [-0.2, -0.15) is 0 Å². The van der Waals surface area contributed by atoms with E-state index in [2.05, 4.69) is 130 Å². The van der Waals surface area contributed by atoms with Crippen molar-refractivity contribution in [1.29, 1.82) is 0 Å². The first kappa shape index (κ1) is 31.0. The Kier molecular flexibility index (Phi) is 8.58. The minimum atomic E-state index is -0.365. The number of aromatic nitrogens is 1. The molecule has 0 amide bonds. The van der Waals surface area contributed by atoms with Crippen molar-refractivity contribution in [2.24, 2.45) is 0 Å². The number of phenols is 1. The number of benzene rings is 3. The van der Waals surface area contributed by atoms with Crippen LogP contribution < -0.4 is 4.90 Å². The number of phenolic OH excluding ortho intramolecular Hbond substituents is 1. The van der Waals surface area contributed by atoms with Gasteiger partial charge < -0.3 is 15.3 Å². The maximum absolute atomic E-state index is 11.9. The van der Waals surface area contributed by atoms with Crippen LogP contribution >= 0.6 is 0 Å². The molecule has 4 nitrogen and oxygen atoms in total. The molecule has 1 aliphatic heterocycles. The molecule has 2 aliphatic rings. The van der Waals surface area contributed by atoms with E-state index in [4.69, 9.17) is 5.32 Å². The summed E-state index contributed by atoms with van der Waals surface area (Å²) in [7, 11) is 0. The molecule has 5 heteroatoms. The Hall–Kier alpha value is -3.46. The molecule has 3 atom stereocenters. The number of fused-ring (bicyclic) bond motifs is 1. The fourth-order valence-electron chi connectivity index (χ4n) is 6.02. The zero-order valence-corrected chi connectivity index (χ0v) is 27.9. The largest absolute Gasteiger partial charge is 2.00 e. The molecule has 0 spiro atoms. The number of anilines is 1. The van der Waals surface area contributed by atoms with Crippen LogP contribution in [0.25, 0.3) is 22.1 Å². The van der Waals surface area contributed by atoms with Gasteiger partial charge in [0.15, 0.2) is 0 Å². The van der Waals surface area contributed by atoms with Crippen LogP contribution in [-0.4, -0.2) is 22.2 Å². The second-order valence-electron chi connectivity index (χ2n) is 13.4. The third-order valence-electron chi connectivity index (χ3n) is 8.31. The number of para-hydroxylation sites is 1. The summed E-state index contributed by atoms with van der Waals surface area (Å²) < 4.78 is 0. The Labute approximate surface area is 270 Å². The van der Waals surface area contributed by atoms with Crippen LogP contribution in [-0.2, 0) is 31.9 Å². The zero-order chi connectivity index (χ0) is 29.6. The van der Waals surface area contributed by atoms with E-state index < -0.39 is 0 Å². The van der Waals surface area contributed by atoms with E-state index in [-0.39, 0.29) is 50.1 Å². The summed E-state index contributed by atoms with van der Waals surface area (Å²) in [5, 5.41) is 17.4. The topological polar surface area (TPSA) is 50.5 Å². The van der Waals surface area contributed by atoms with Gasteiger partial charge in [0.1, 0.15) is 5.75 Å². The summed E-state index contributed by atoms with van der Waals surface area (Å²) in [5.41, 5.74) is 7.74. The van der Waals surface area contributed by atoms with E-state index in [1.54, 1.807) is 0 Å². The van der Waals surface area contributed by atoms with Gasteiger partial charge in [0.25, 0.3) is 0 Å². The molecule has 1 fully saturated rings. The van der Waals surface area contributed by atoms with Gasteiger partial charge >= 0.3 is 21.1 Å². The predicted octanol–water partition coefficient (Wildman–Crippen LogP) is 9.13. The van der Waals surface area contributed by atoms with Crippen LogP contribution in [0.2, 0.25) is 0 Å². The monoisotopic (exact) mass is 748 g/mol. The standard InChI is InChI=1S/C38H39N3O.Pt/c1-37(2,3)27-23-30(35(42)31(24-27)38(4,5)6)36-40-34-29(18-13-20-33(34)41(36)28-16-8-7-9-17-28)25-14-12-15-26(22-25)32-19-10-11-21-39-32;/h7-21,23-24,33-34,36,42H,1-6H3;/q-2;+2. The number of hydrogen-bond acceptors (Lipinski definition) is 3. The molecule has 0 bridgehead atoms. The fraction of sp³-hybridized carbons (Fsp3) is 0.289. The number of pyridine rings is 1. The Morgan fingerprint density at radius 1 is 0.837 bits per heavy atom. The molecule has 1 N–H and O–H groups in total. The van der Waals surface area contributed by atoms with E-state index in [0.717, 1.165) is 39.2 Å². The van der Waals surface area contributed by atoms with Crippen molar-refractivity contribution in [2.75, 3.05) is 4.90 Å². The van der Waals surface area contributed by atoms with Crippen molar-refractivity contribution in [1.82, 2.24) is 4.98 Å². The molecule has 43 heavy (non-hydrogen) atoms. The maximum Gasteiger partial charge on any atom is 2.00 e. The van der Waals surface area contributed by atoms with Crippen LogP contribution in [0, 0.1) is 6.07 Å². The van der Waals surface area contributed by atoms with Gasteiger partial charge in [-0.15, -0.1) is 41.4 Å². The summed E-state index contributed by atoms with van der Waals surface area (Å²) in [4.78, 5) is 6.91. The Morgan fingerprint density at radius 3 is 2.23 bits per heavy atom. The second kappa shape index (κ2) is 11.9. The van der Waals surface area contributed by atoms with E-state index in [0.29, 0.717) is 5.75 Å². The van der Waals surface area contributed by atoms with Crippen LogP contribution in [0.1, 0.15) is 70.0 Å². The Bertz CT molecular complexity index is 1650. The van der Waals surface area contributed by atoms with Gasteiger partial charge in [0.05, 0.1) is 0 Å². The number of allylic oxidation sites excluding steroid dienone is 2. The molecule has 3 unspecified atom stereocenters. The smallest absolute Gasteiger partial charge is 0.636 e. The van der Waals surface area contributed by atoms with Gasteiger partial charge in [-0.3, -0.25) is 4.98 Å². The van der Waals surface area contributed by atoms with E-state index in [9.17, 15) is 5.11 Å². The van der Waals surface area contributed by atoms with Crippen molar-refractivity contribution < 1.29 is 26.2 Å². The molecule has 1 saturated heterocycles. The fourth-order valence-corrected chi connectivity index (χ4v) is 6.02. The van der Waals surface area contributed by atoms with Crippen molar-refractivity contribution >= 4 is 11.3 Å². The molecule has 0 radical (unpaired) electrons. The third kappa shape index (κ3) is 6.01. The Morgan fingerprint density at radius 2 is 1.56 bits per heavy atom. The minimum Gasteiger partial charge on any atom is -0.636 e. The zero-order valence-electron chi connectivity index (χ0n) is 25.7. The second-order valence-corrected chi connectivity index (χ2v) is 13.4. The van der Waals surface area contributed by atoms with Crippen molar-refractivity contribution in [3.8, 4) is 17.0 Å². The predicted molar refractivity (Wildman–Crippen MR) is 174 cm³/mol. The molecule has 1 aromatic heterocycles. The average Bonchev–Trinajstić information content (AvgIpc) is 3.36. The first-order valence-corrected chi connectivity index (χ1v) is 14.8. The van der Waals surface area contributed by atoms with Crippen molar-refractivity contribution in [2.45, 2.75) is 70.6 Å². The molecule has 2 heterocycles. The number of nitrogens with zero attached hydrogens (tertiary/aromatic N) is 3. The van der Waals surface area contributed by atoms with E-state index >= 15 is 0 Å². The van der Waals surface area contributed by atoms with Gasteiger partial charge in [-0.05, 0) is 51.9 Å². The van der Waals surface area contributed by atoms with Crippen LogP contribution in [0.15, 0.2) is 103 Å². The first-order chi connectivity index (χ1) is 20.0. The molecular weight excluding hydrogens is 710 g/mol. The minimum absolute atomic E-state index is 0. The molecule has 0 saturated carbocycles. The van der Waals surface area contributed by atoms with Crippen LogP contribution in [0.4, 0.5) is 5.69 Å². The molecule has 1 aliphatic carbocycles.